The van der Waals surface area contributed by atoms with Crippen LogP contribution in [0.15, 0.2) is 18.7 Å². The van der Waals surface area contributed by atoms with Crippen LogP contribution in [-0.2, 0) is 13.6 Å². The van der Waals surface area contributed by atoms with Gasteiger partial charge in [-0.1, -0.05) is 13.3 Å². The molecule has 1 aromatic heterocycles. The summed E-state index contributed by atoms with van der Waals surface area (Å²) in [6.45, 7) is 3.36. The van der Waals surface area contributed by atoms with Gasteiger partial charge in [0.1, 0.15) is 12.4 Å². The highest BCUT2D eigenvalue weighted by Crippen LogP contribution is 1.91. The van der Waals surface area contributed by atoms with Gasteiger partial charge in [-0.05, 0) is 6.42 Å². The fraction of sp³-hybridized carbons (Fsp3) is 0.625. The van der Waals surface area contributed by atoms with Crippen molar-refractivity contribution < 1.29 is 54.2 Å². The van der Waals surface area contributed by atoms with Crippen molar-refractivity contribution in [2.24, 2.45) is 7.05 Å². The lowest BCUT2D eigenvalue weighted by Gasteiger charge is -1.90. The smallest absolute Gasteiger partial charge is 0.243 e. The molecule has 0 aliphatic heterocycles. The van der Waals surface area contributed by atoms with Gasteiger partial charge in [0.2, 0.25) is 6.33 Å². The number of rotatable bonds is 3. The number of imidazole rings is 1. The van der Waals surface area contributed by atoms with E-state index in [4.69, 9.17) is 0 Å². The minimum Gasteiger partial charge on any atom is -1.00 e. The van der Waals surface area contributed by atoms with Crippen LogP contribution in [0, 0.1) is 0 Å². The van der Waals surface area contributed by atoms with Crippen molar-refractivity contribution in [1.82, 2.24) is 10.7 Å². The lowest BCUT2D eigenvalue weighted by Crippen LogP contribution is -3.00. The molecule has 96 valence electrons. The molecule has 0 fully saturated rings. The van der Waals surface area contributed by atoms with Crippen molar-refractivity contribution in [3.05, 3.63) is 18.7 Å². The summed E-state index contributed by atoms with van der Waals surface area (Å²) in [5.74, 6) is 0. The van der Waals surface area contributed by atoms with Crippen molar-refractivity contribution in [2.75, 3.05) is 0 Å². The topological polar surface area (TPSA) is 45.3 Å². The molecular weight excluding hydrogens is 280 g/mol. The van der Waals surface area contributed by atoms with E-state index in [1.54, 1.807) is 0 Å². The summed E-state index contributed by atoms with van der Waals surface area (Å²) in [4.78, 5) is 0. The Morgan fingerprint density at radius 1 is 1.13 bits per heavy atom. The number of aryl methyl sites for hydroxylation is 2. The van der Waals surface area contributed by atoms with E-state index in [0.29, 0.717) is 0 Å². The summed E-state index contributed by atoms with van der Waals surface area (Å²) in [5, 5.41) is 0. The molecule has 0 atom stereocenters. The molecule has 4 N–H and O–H groups in total. The van der Waals surface area contributed by atoms with Crippen LogP contribution in [0.25, 0.3) is 0 Å². The summed E-state index contributed by atoms with van der Waals surface area (Å²) < 4.78 is 4.28. The van der Waals surface area contributed by atoms with E-state index in [1.807, 2.05) is 7.05 Å². The molecule has 0 spiro atoms. The second-order valence-corrected chi connectivity index (χ2v) is 2.67. The van der Waals surface area contributed by atoms with Crippen molar-refractivity contribution in [3.8, 4) is 0 Å². The monoisotopic (exact) mass is 297 g/mol. The lowest BCUT2D eigenvalue weighted by atomic mass is 10.3. The van der Waals surface area contributed by atoms with E-state index < -0.39 is 0 Å². The highest BCUT2D eigenvalue weighted by atomic mass is 35.5. The Kier molecular flexibility index (Phi) is 32.9. The standard InChI is InChI=1S/C8H15N2.4ClH.H3N/c1-3-4-5-10-7-6-9(2)8-10;;;;;/h6-8H,3-5H2,1-2H3;4*1H;1H3/q+1;;;;;/p-3. The second kappa shape index (κ2) is 16.7. The van der Waals surface area contributed by atoms with Crippen LogP contribution in [0.2, 0.25) is 0 Å². The van der Waals surface area contributed by atoms with E-state index in [9.17, 15) is 0 Å². The Bertz CT molecular complexity index is 206. The van der Waals surface area contributed by atoms with Gasteiger partial charge in [-0.25, -0.2) is 9.13 Å². The van der Waals surface area contributed by atoms with Gasteiger partial charge in [0.05, 0.1) is 13.6 Å². The van der Waals surface area contributed by atoms with Crippen molar-refractivity contribution in [3.63, 3.8) is 0 Å². The van der Waals surface area contributed by atoms with Crippen molar-refractivity contribution in [2.45, 2.75) is 26.3 Å². The molecular formula is C8H19Cl4N3-2. The summed E-state index contributed by atoms with van der Waals surface area (Å²) in [6, 6.07) is 0. The molecule has 3 nitrogen and oxygen atoms in total. The third-order valence-electron chi connectivity index (χ3n) is 1.59. The SMILES string of the molecule is CCCCn1cc[n+](C)c1.[Cl-].[Cl-].[Cl-].[Cl-].[NH4+]. The summed E-state index contributed by atoms with van der Waals surface area (Å²) in [6.07, 6.45) is 8.82. The van der Waals surface area contributed by atoms with Gasteiger partial charge in [-0.2, -0.15) is 0 Å². The first-order chi connectivity index (χ1) is 4.83. The van der Waals surface area contributed by atoms with Crippen LogP contribution in [0.3, 0.4) is 0 Å². The molecule has 0 bridgehead atoms. The number of halogens is 4. The number of hydrogen-bond acceptors (Lipinski definition) is 0. The highest BCUT2D eigenvalue weighted by molar-refractivity contribution is 4.65. The third kappa shape index (κ3) is 12.3. The zero-order valence-electron chi connectivity index (χ0n) is 9.26. The quantitative estimate of drug-likeness (QED) is 0.539. The predicted molar refractivity (Wildman–Crippen MR) is 46.5 cm³/mol. The van der Waals surface area contributed by atoms with Gasteiger partial charge >= 0.3 is 0 Å². The summed E-state index contributed by atoms with van der Waals surface area (Å²) in [5.41, 5.74) is 0. The second-order valence-electron chi connectivity index (χ2n) is 2.67. The van der Waals surface area contributed by atoms with Crippen molar-refractivity contribution >= 4 is 0 Å². The maximum absolute atomic E-state index is 2.21. The maximum atomic E-state index is 2.21. The fourth-order valence-electron chi connectivity index (χ4n) is 0.975. The van der Waals surface area contributed by atoms with Crippen LogP contribution in [0.4, 0.5) is 0 Å². The van der Waals surface area contributed by atoms with Gasteiger partial charge in [0, 0.05) is 0 Å². The first kappa shape index (κ1) is 29.5. The Balaban J connectivity index is -0.0000000667. The van der Waals surface area contributed by atoms with Crippen LogP contribution in [0.1, 0.15) is 19.8 Å². The average Bonchev–Trinajstić information content (AvgIpc) is 2.31. The van der Waals surface area contributed by atoms with Gasteiger partial charge < -0.3 is 55.8 Å². The molecule has 1 aromatic rings. The zero-order chi connectivity index (χ0) is 7.40. The van der Waals surface area contributed by atoms with Gasteiger partial charge in [0.15, 0.2) is 0 Å². The summed E-state index contributed by atoms with van der Waals surface area (Å²) in [7, 11) is 2.04. The Morgan fingerprint density at radius 3 is 2.00 bits per heavy atom. The highest BCUT2D eigenvalue weighted by Gasteiger charge is 1.96. The third-order valence-corrected chi connectivity index (χ3v) is 1.59. The Hall–Kier alpha value is 0.330. The molecule has 7 heteroatoms. The minimum atomic E-state index is 0. The number of hydrogen-bond donors (Lipinski definition) is 1. The maximum Gasteiger partial charge on any atom is 0.243 e. The van der Waals surface area contributed by atoms with Gasteiger partial charge in [0.25, 0.3) is 0 Å². The average molecular weight is 299 g/mol. The van der Waals surface area contributed by atoms with E-state index in [1.165, 1.54) is 12.8 Å². The van der Waals surface area contributed by atoms with Gasteiger partial charge in [-0.15, -0.1) is 0 Å². The molecule has 0 aromatic carbocycles. The van der Waals surface area contributed by atoms with Crippen LogP contribution < -0.4 is 60.3 Å². The zero-order valence-corrected chi connectivity index (χ0v) is 12.3. The van der Waals surface area contributed by atoms with Crippen molar-refractivity contribution in [1.29, 1.82) is 0 Å². The van der Waals surface area contributed by atoms with Crippen LogP contribution in [0.5, 0.6) is 0 Å². The molecule has 0 aliphatic carbocycles. The predicted octanol–water partition coefficient (Wildman–Crippen LogP) is -10.5. The van der Waals surface area contributed by atoms with Crippen LogP contribution in [-0.4, -0.2) is 4.57 Å². The first-order valence-electron chi connectivity index (χ1n) is 3.84. The fourth-order valence-corrected chi connectivity index (χ4v) is 0.975. The normalized spacial score (nSPS) is 6.80. The van der Waals surface area contributed by atoms with E-state index >= 15 is 0 Å². The lowest BCUT2D eigenvalue weighted by molar-refractivity contribution is -0.671. The molecule has 1 rings (SSSR count). The molecule has 0 unspecified atom stereocenters. The molecule has 0 aliphatic rings. The number of aromatic nitrogens is 2. The van der Waals surface area contributed by atoms with E-state index in [2.05, 4.69) is 34.8 Å². The van der Waals surface area contributed by atoms with E-state index in [-0.39, 0.29) is 55.8 Å². The number of unbranched alkanes of at least 4 members (excludes halogenated alkanes) is 1. The molecule has 0 saturated carbocycles. The largest absolute Gasteiger partial charge is 1.00 e. The Labute approximate surface area is 117 Å². The molecule has 1 heterocycles. The summed E-state index contributed by atoms with van der Waals surface area (Å²) >= 11 is 0. The first-order valence-corrected chi connectivity index (χ1v) is 3.84. The molecule has 0 saturated heterocycles. The minimum absolute atomic E-state index is 0. The molecule has 0 radical (unpaired) electrons. The Morgan fingerprint density at radius 2 is 1.67 bits per heavy atom. The van der Waals surface area contributed by atoms with Gasteiger partial charge in [-0.3, -0.25) is 0 Å². The molecule has 15 heavy (non-hydrogen) atoms. The molecule has 0 amide bonds. The van der Waals surface area contributed by atoms with Crippen LogP contribution >= 0.6 is 0 Å². The number of quaternary nitrogens is 1. The van der Waals surface area contributed by atoms with E-state index in [0.717, 1.165) is 6.54 Å². The number of nitrogens with zero attached hydrogens (tertiary/aromatic N) is 2.